The minimum Gasteiger partial charge on any atom is -0.310 e. The van der Waals surface area contributed by atoms with Crippen LogP contribution in [0.15, 0.2) is 22.7 Å². The Kier molecular flexibility index (Phi) is 7.10. The van der Waals surface area contributed by atoms with Gasteiger partial charge in [-0.3, -0.25) is 0 Å². The van der Waals surface area contributed by atoms with Crippen LogP contribution in [0.1, 0.15) is 37.8 Å². The van der Waals surface area contributed by atoms with Crippen LogP contribution in [-0.2, 0) is 0 Å². The molecule has 0 radical (unpaired) electrons. The number of nitrogens with one attached hydrogen (secondary N) is 1. The van der Waals surface area contributed by atoms with Gasteiger partial charge in [-0.05, 0) is 65.7 Å². The van der Waals surface area contributed by atoms with Crippen LogP contribution in [0.25, 0.3) is 0 Å². The molecule has 6 heteroatoms. The molecule has 0 saturated heterocycles. The van der Waals surface area contributed by atoms with Crippen LogP contribution in [-0.4, -0.2) is 12.7 Å². The van der Waals surface area contributed by atoms with E-state index in [1.807, 2.05) is 25.1 Å². The number of alkyl halides is 3. The quantitative estimate of drug-likeness (QED) is 0.570. The van der Waals surface area contributed by atoms with Gasteiger partial charge in [0.25, 0.3) is 0 Å². The highest BCUT2D eigenvalue weighted by molar-refractivity contribution is 14.1. The Hall–Kier alpha value is 0.180. The van der Waals surface area contributed by atoms with Crippen molar-refractivity contribution in [3.8, 4) is 0 Å². The van der Waals surface area contributed by atoms with Gasteiger partial charge in [-0.2, -0.15) is 13.2 Å². The summed E-state index contributed by atoms with van der Waals surface area (Å²) in [5.74, 6) is 0. The van der Waals surface area contributed by atoms with Gasteiger partial charge < -0.3 is 5.32 Å². The molecule has 0 aromatic heterocycles. The van der Waals surface area contributed by atoms with Crippen LogP contribution in [0.5, 0.6) is 0 Å². The zero-order valence-corrected chi connectivity index (χ0v) is 14.3. The van der Waals surface area contributed by atoms with Crippen molar-refractivity contribution < 1.29 is 13.2 Å². The molecule has 0 aliphatic heterocycles. The van der Waals surface area contributed by atoms with Gasteiger partial charge in [-0.1, -0.05) is 22.9 Å². The van der Waals surface area contributed by atoms with Crippen molar-refractivity contribution in [1.82, 2.24) is 5.32 Å². The van der Waals surface area contributed by atoms with Gasteiger partial charge in [0.2, 0.25) is 0 Å². The maximum Gasteiger partial charge on any atom is 0.389 e. The minimum atomic E-state index is -4.07. The van der Waals surface area contributed by atoms with E-state index in [1.54, 1.807) is 0 Å². The number of hydrogen-bond acceptors (Lipinski definition) is 1. The lowest BCUT2D eigenvalue weighted by Gasteiger charge is -2.20. The summed E-state index contributed by atoms with van der Waals surface area (Å²) in [6.45, 7) is 2.70. The molecule has 1 unspecified atom stereocenters. The molecule has 0 heterocycles. The molecule has 1 aromatic carbocycles. The van der Waals surface area contributed by atoms with Crippen molar-refractivity contribution >= 4 is 38.5 Å². The lowest BCUT2D eigenvalue weighted by atomic mass is 10.0. The Morgan fingerprint density at radius 3 is 2.63 bits per heavy atom. The second kappa shape index (κ2) is 7.83. The monoisotopic (exact) mass is 449 g/mol. The van der Waals surface area contributed by atoms with Gasteiger partial charge in [0, 0.05) is 20.5 Å². The fourth-order valence-corrected chi connectivity index (χ4v) is 2.99. The molecule has 108 valence electrons. The normalized spacial score (nSPS) is 13.6. The van der Waals surface area contributed by atoms with Crippen LogP contribution in [0.3, 0.4) is 0 Å². The first-order valence-corrected chi connectivity index (χ1v) is 7.95. The third-order valence-electron chi connectivity index (χ3n) is 2.74. The van der Waals surface area contributed by atoms with Crippen molar-refractivity contribution in [2.24, 2.45) is 0 Å². The van der Waals surface area contributed by atoms with E-state index in [-0.39, 0.29) is 12.5 Å². The highest BCUT2D eigenvalue weighted by Crippen LogP contribution is 2.30. The number of halogens is 5. The standard InChI is InChI=1S/C13H16BrF3IN/c1-2-19-12(4-3-7-13(15,16)17)10-8-9(14)5-6-11(10)18/h5-6,8,12,19H,2-4,7H2,1H3. The fraction of sp³-hybridized carbons (Fsp3) is 0.538. The first-order chi connectivity index (χ1) is 8.83. The molecule has 0 spiro atoms. The molecular formula is C13H16BrF3IN. The highest BCUT2D eigenvalue weighted by Gasteiger charge is 2.27. The summed E-state index contributed by atoms with van der Waals surface area (Å²) in [6, 6.07) is 5.84. The fourth-order valence-electron chi connectivity index (χ4n) is 1.90. The average molecular weight is 450 g/mol. The van der Waals surface area contributed by atoms with Gasteiger partial charge in [-0.15, -0.1) is 0 Å². The molecule has 0 aliphatic carbocycles. The van der Waals surface area contributed by atoms with Gasteiger partial charge in [-0.25, -0.2) is 0 Å². The molecule has 1 aromatic rings. The van der Waals surface area contributed by atoms with Gasteiger partial charge in [0.1, 0.15) is 0 Å². The SMILES string of the molecule is CCNC(CCCC(F)(F)F)c1cc(Br)ccc1I. The van der Waals surface area contributed by atoms with Crippen LogP contribution >= 0.6 is 38.5 Å². The molecule has 1 atom stereocenters. The van der Waals surface area contributed by atoms with Crippen LogP contribution in [0.2, 0.25) is 0 Å². The number of hydrogen-bond donors (Lipinski definition) is 1. The Balaban J connectivity index is 2.73. The summed E-state index contributed by atoms with van der Waals surface area (Å²) in [5.41, 5.74) is 1.05. The zero-order chi connectivity index (χ0) is 14.5. The van der Waals surface area contributed by atoms with E-state index in [0.29, 0.717) is 6.42 Å². The maximum atomic E-state index is 12.2. The lowest BCUT2D eigenvalue weighted by Crippen LogP contribution is -2.22. The molecule has 1 rings (SSSR count). The Morgan fingerprint density at radius 1 is 1.37 bits per heavy atom. The predicted molar refractivity (Wildman–Crippen MR) is 83.2 cm³/mol. The topological polar surface area (TPSA) is 12.0 Å². The van der Waals surface area contributed by atoms with Crippen molar-refractivity contribution in [1.29, 1.82) is 0 Å². The summed E-state index contributed by atoms with van der Waals surface area (Å²) < 4.78 is 38.6. The molecule has 0 bridgehead atoms. The van der Waals surface area contributed by atoms with E-state index in [4.69, 9.17) is 0 Å². The first-order valence-electron chi connectivity index (χ1n) is 6.08. The Morgan fingerprint density at radius 2 is 2.05 bits per heavy atom. The summed E-state index contributed by atoms with van der Waals surface area (Å²) in [7, 11) is 0. The average Bonchev–Trinajstić information content (AvgIpc) is 2.30. The van der Waals surface area contributed by atoms with E-state index in [9.17, 15) is 13.2 Å². The molecular weight excluding hydrogens is 434 g/mol. The Bertz CT molecular complexity index is 409. The van der Waals surface area contributed by atoms with Crippen molar-refractivity contribution in [2.45, 2.75) is 38.4 Å². The maximum absolute atomic E-state index is 12.2. The Labute approximate surface area is 133 Å². The van der Waals surface area contributed by atoms with E-state index >= 15 is 0 Å². The van der Waals surface area contributed by atoms with Crippen molar-refractivity contribution in [2.75, 3.05) is 6.54 Å². The third-order valence-corrected chi connectivity index (χ3v) is 4.21. The molecule has 0 amide bonds. The first kappa shape index (κ1) is 17.2. The molecule has 0 saturated carbocycles. The zero-order valence-electron chi connectivity index (χ0n) is 10.5. The summed E-state index contributed by atoms with van der Waals surface area (Å²) >= 11 is 5.62. The van der Waals surface area contributed by atoms with Crippen molar-refractivity contribution in [3.05, 3.63) is 31.8 Å². The van der Waals surface area contributed by atoms with Gasteiger partial charge in [0.05, 0.1) is 0 Å². The second-order valence-electron chi connectivity index (χ2n) is 4.28. The van der Waals surface area contributed by atoms with Crippen LogP contribution in [0, 0.1) is 3.57 Å². The largest absolute Gasteiger partial charge is 0.389 e. The van der Waals surface area contributed by atoms with E-state index in [2.05, 4.69) is 43.8 Å². The second-order valence-corrected chi connectivity index (χ2v) is 6.36. The molecule has 0 aliphatic rings. The van der Waals surface area contributed by atoms with Gasteiger partial charge >= 0.3 is 6.18 Å². The van der Waals surface area contributed by atoms with E-state index in [1.165, 1.54) is 0 Å². The molecule has 1 N–H and O–H groups in total. The smallest absolute Gasteiger partial charge is 0.310 e. The molecule has 19 heavy (non-hydrogen) atoms. The number of benzene rings is 1. The number of rotatable bonds is 6. The minimum absolute atomic E-state index is 0.0308. The lowest BCUT2D eigenvalue weighted by molar-refractivity contribution is -0.135. The van der Waals surface area contributed by atoms with Crippen LogP contribution in [0.4, 0.5) is 13.2 Å². The van der Waals surface area contributed by atoms with Crippen LogP contribution < -0.4 is 5.32 Å². The third kappa shape index (κ3) is 6.44. The predicted octanol–water partition coefficient (Wildman–Crippen LogP) is 5.44. The summed E-state index contributed by atoms with van der Waals surface area (Å²) in [5, 5.41) is 3.26. The van der Waals surface area contributed by atoms with Crippen molar-refractivity contribution in [3.63, 3.8) is 0 Å². The highest BCUT2D eigenvalue weighted by atomic mass is 127. The molecule has 0 fully saturated rings. The molecule has 1 nitrogen and oxygen atoms in total. The van der Waals surface area contributed by atoms with E-state index in [0.717, 1.165) is 20.2 Å². The summed E-state index contributed by atoms with van der Waals surface area (Å²) in [4.78, 5) is 0. The summed E-state index contributed by atoms with van der Waals surface area (Å²) in [6.07, 6.45) is -4.16. The van der Waals surface area contributed by atoms with Gasteiger partial charge in [0.15, 0.2) is 0 Å². The van der Waals surface area contributed by atoms with E-state index < -0.39 is 12.6 Å².